The first-order chi connectivity index (χ1) is 15.3. The fourth-order valence-corrected chi connectivity index (χ4v) is 6.53. The number of aryl methyl sites for hydroxylation is 1. The van der Waals surface area contributed by atoms with E-state index in [-0.39, 0.29) is 79.6 Å². The molecule has 3 N–H and O–H groups in total. The van der Waals surface area contributed by atoms with E-state index in [0.717, 1.165) is 11.3 Å². The summed E-state index contributed by atoms with van der Waals surface area (Å²) in [5, 5.41) is 34.2. The molecule has 17 heteroatoms. The molecule has 0 aliphatic carbocycles. The number of amides is 2. The molecule has 0 saturated carbocycles. The van der Waals surface area contributed by atoms with Crippen molar-refractivity contribution in [1.29, 1.82) is 0 Å². The van der Waals surface area contributed by atoms with Crippen molar-refractivity contribution < 1.29 is 91.4 Å². The monoisotopic (exact) mass is 544 g/mol. The summed E-state index contributed by atoms with van der Waals surface area (Å²) in [5.74, 6) is -2.68. The number of tetrazole rings is 1. The number of nitrogens with one attached hydrogen (secondary N) is 1. The number of aliphatic carboxylic acids is 1. The van der Waals surface area contributed by atoms with E-state index >= 15 is 0 Å². The summed E-state index contributed by atoms with van der Waals surface area (Å²) in [6.45, 7) is 0. The molecule has 34 heavy (non-hydrogen) atoms. The van der Waals surface area contributed by atoms with Crippen molar-refractivity contribution in [3.63, 3.8) is 0 Å². The zero-order valence-electron chi connectivity index (χ0n) is 20.4. The van der Waals surface area contributed by atoms with Crippen LogP contribution in [0.3, 0.4) is 0 Å². The standard InChI is InChI=1S/C17H16N6O6S3.2Na.2H/c1-22-17(19-20-21-22)32-6-7-5-31-14-11(13(25)23(14)12(7)16(28)29)18-10(24)4-9-8(15(26)27)2-3-30-9;;;;/h2-3,11,14H,4-6H2,1H3,(H,18,24)(H,26,27)(H,28,29);;;;/q;2*+1;2*-1/t11?,14-;;;;/m1..../s1. The van der Waals surface area contributed by atoms with Gasteiger partial charge in [-0.05, 0) is 27.4 Å². The van der Waals surface area contributed by atoms with Crippen LogP contribution in [0, 0.1) is 0 Å². The van der Waals surface area contributed by atoms with Crippen LogP contribution in [-0.2, 0) is 27.9 Å². The molecule has 2 amide bonds. The van der Waals surface area contributed by atoms with Crippen molar-refractivity contribution in [2.45, 2.75) is 23.0 Å². The molecule has 0 aromatic carbocycles. The van der Waals surface area contributed by atoms with Gasteiger partial charge in [-0.15, -0.1) is 28.2 Å². The van der Waals surface area contributed by atoms with Gasteiger partial charge in [0.2, 0.25) is 11.1 Å². The van der Waals surface area contributed by atoms with E-state index in [0.29, 0.717) is 27.1 Å². The SMILES string of the molecule is Cn1nnnc1SCC1=C(C(=O)O)N2C(=O)C(NC(=O)Cc3sccc3C(=O)O)[C@H]2SC1.[H-].[H-].[Na+].[Na+]. The summed E-state index contributed by atoms with van der Waals surface area (Å²) < 4.78 is 1.47. The Hall–Kier alpha value is -0.910. The molecule has 2 aliphatic rings. The fourth-order valence-electron chi connectivity index (χ4n) is 3.33. The fraction of sp³-hybridized carbons (Fsp3) is 0.353. The minimum Gasteiger partial charge on any atom is -1.00 e. The molecule has 4 rings (SSSR count). The molecule has 2 aliphatic heterocycles. The minimum absolute atomic E-state index is 0. The van der Waals surface area contributed by atoms with Gasteiger partial charge in [-0.2, -0.15) is 0 Å². The minimum atomic E-state index is -1.22. The van der Waals surface area contributed by atoms with Gasteiger partial charge >= 0.3 is 71.1 Å². The van der Waals surface area contributed by atoms with Gasteiger partial charge in [-0.25, -0.2) is 14.3 Å². The smallest absolute Gasteiger partial charge is 1.00 e. The second-order valence-corrected chi connectivity index (χ2v) is 9.87. The van der Waals surface area contributed by atoms with Crippen LogP contribution in [-0.4, -0.2) is 82.0 Å². The number of aromatic carboxylic acids is 1. The van der Waals surface area contributed by atoms with Gasteiger partial charge in [0.15, 0.2) is 0 Å². The molecule has 1 saturated heterocycles. The van der Waals surface area contributed by atoms with E-state index in [2.05, 4.69) is 20.8 Å². The number of carboxylic acid groups (broad SMARTS) is 2. The number of carbonyl (C=O) groups is 4. The Morgan fingerprint density at radius 3 is 2.65 bits per heavy atom. The second-order valence-electron chi connectivity index (χ2n) is 6.83. The molecule has 2 atom stereocenters. The molecular weight excluding hydrogens is 526 g/mol. The molecule has 0 bridgehead atoms. The number of nitrogens with zero attached hydrogens (tertiary/aromatic N) is 5. The van der Waals surface area contributed by atoms with Crippen LogP contribution in [0.25, 0.3) is 0 Å². The third-order valence-electron chi connectivity index (χ3n) is 4.82. The number of rotatable bonds is 8. The summed E-state index contributed by atoms with van der Waals surface area (Å²) >= 11 is 3.77. The normalized spacial score (nSPS) is 18.9. The van der Waals surface area contributed by atoms with E-state index in [9.17, 15) is 24.3 Å². The van der Waals surface area contributed by atoms with Crippen molar-refractivity contribution in [3.8, 4) is 0 Å². The number of carbonyl (C=O) groups excluding carboxylic acids is 2. The van der Waals surface area contributed by atoms with Gasteiger partial charge in [0.25, 0.3) is 5.91 Å². The molecule has 0 spiro atoms. The summed E-state index contributed by atoms with van der Waals surface area (Å²) in [6.07, 6.45) is -0.171. The van der Waals surface area contributed by atoms with Crippen molar-refractivity contribution in [2.24, 2.45) is 7.05 Å². The Balaban J connectivity index is 0.00000306. The van der Waals surface area contributed by atoms with Crippen molar-refractivity contribution >= 4 is 58.6 Å². The molecule has 2 aromatic rings. The van der Waals surface area contributed by atoms with Gasteiger partial charge in [0, 0.05) is 23.4 Å². The number of thioether (sulfide) groups is 2. The van der Waals surface area contributed by atoms with E-state index < -0.39 is 35.2 Å². The molecule has 1 fully saturated rings. The molecule has 172 valence electrons. The predicted molar refractivity (Wildman–Crippen MR) is 116 cm³/mol. The first kappa shape index (κ1) is 29.3. The van der Waals surface area contributed by atoms with Crippen LogP contribution in [0.1, 0.15) is 18.1 Å². The average molecular weight is 545 g/mol. The number of aromatic nitrogens is 4. The van der Waals surface area contributed by atoms with Crippen molar-refractivity contribution in [2.75, 3.05) is 11.5 Å². The van der Waals surface area contributed by atoms with Gasteiger partial charge in [0.05, 0.1) is 12.0 Å². The van der Waals surface area contributed by atoms with Crippen LogP contribution in [0.15, 0.2) is 27.9 Å². The number of hydrogen-bond acceptors (Lipinski definition) is 10. The van der Waals surface area contributed by atoms with E-state index in [1.807, 2.05) is 0 Å². The van der Waals surface area contributed by atoms with Crippen LogP contribution in [0.4, 0.5) is 0 Å². The van der Waals surface area contributed by atoms with Gasteiger partial charge in [0.1, 0.15) is 17.1 Å². The Morgan fingerprint density at radius 2 is 2.03 bits per heavy atom. The zero-order chi connectivity index (χ0) is 23.0. The van der Waals surface area contributed by atoms with Crippen LogP contribution in [0.2, 0.25) is 0 Å². The molecule has 4 heterocycles. The summed E-state index contributed by atoms with van der Waals surface area (Å²) in [7, 11) is 1.67. The first-order valence-corrected chi connectivity index (χ1v) is 12.0. The number of carboxylic acids is 2. The van der Waals surface area contributed by atoms with Crippen molar-refractivity contribution in [3.05, 3.63) is 33.2 Å². The van der Waals surface area contributed by atoms with Crippen molar-refractivity contribution in [1.82, 2.24) is 30.4 Å². The Morgan fingerprint density at radius 1 is 1.29 bits per heavy atom. The summed E-state index contributed by atoms with van der Waals surface area (Å²) in [4.78, 5) is 49.8. The van der Waals surface area contributed by atoms with E-state index in [1.165, 1.54) is 39.2 Å². The summed E-state index contributed by atoms with van der Waals surface area (Å²) in [6, 6.07) is 0.552. The van der Waals surface area contributed by atoms with Crippen LogP contribution >= 0.6 is 34.9 Å². The van der Waals surface area contributed by atoms with Gasteiger partial charge in [-0.1, -0.05) is 11.8 Å². The second kappa shape index (κ2) is 12.4. The van der Waals surface area contributed by atoms with Crippen LogP contribution < -0.4 is 64.4 Å². The number of fused-ring (bicyclic) bond motifs is 1. The quantitative estimate of drug-likeness (QED) is 0.165. The van der Waals surface area contributed by atoms with Gasteiger partial charge < -0.3 is 18.4 Å². The summed E-state index contributed by atoms with van der Waals surface area (Å²) in [5.41, 5.74) is 0.531. The maximum atomic E-state index is 12.7. The average Bonchev–Trinajstić information content (AvgIpc) is 3.38. The maximum Gasteiger partial charge on any atom is 1.00 e. The van der Waals surface area contributed by atoms with E-state index in [1.54, 1.807) is 12.4 Å². The number of β-lactam (4-membered cyclic amide) rings is 1. The molecule has 1 unspecified atom stereocenters. The molecule has 2 aromatic heterocycles. The molecule has 0 radical (unpaired) electrons. The first-order valence-electron chi connectivity index (χ1n) is 9.12. The van der Waals surface area contributed by atoms with E-state index in [4.69, 9.17) is 5.11 Å². The topological polar surface area (TPSA) is 168 Å². The largest absolute Gasteiger partial charge is 1.00 e. The van der Waals surface area contributed by atoms with Gasteiger partial charge in [-0.3, -0.25) is 14.5 Å². The number of thiophene rings is 1. The predicted octanol–water partition coefficient (Wildman–Crippen LogP) is -5.72. The molecular formula is C17H18N6Na2O6S3. The Kier molecular flexibility index (Phi) is 10.7. The van der Waals surface area contributed by atoms with Crippen LogP contribution in [0.5, 0.6) is 0 Å². The third kappa shape index (κ3) is 5.90. The third-order valence-corrected chi connectivity index (χ3v) is 8.18. The number of hydrogen-bond donors (Lipinski definition) is 3. The zero-order valence-corrected chi connectivity index (χ0v) is 24.9. The molecule has 12 nitrogen and oxygen atoms in total. The Bertz CT molecular complexity index is 1170. The maximum absolute atomic E-state index is 12.7. The Labute approximate surface area is 252 Å².